The van der Waals surface area contributed by atoms with Crippen LogP contribution in [0.5, 0.6) is 0 Å². The fourth-order valence-corrected chi connectivity index (χ4v) is 2.24. The van der Waals surface area contributed by atoms with E-state index in [9.17, 15) is 13.6 Å². The highest BCUT2D eigenvalue weighted by molar-refractivity contribution is 6.17. The Bertz CT molecular complexity index is 640. The maximum absolute atomic E-state index is 13.7. The van der Waals surface area contributed by atoms with Crippen LogP contribution in [0.1, 0.15) is 34.5 Å². The number of rotatable bonds is 4. The van der Waals surface area contributed by atoms with Gasteiger partial charge >= 0.3 is 0 Å². The zero-order chi connectivity index (χ0) is 15.4. The number of hydrogen-bond donors (Lipinski definition) is 1. The van der Waals surface area contributed by atoms with Gasteiger partial charge in [-0.3, -0.25) is 4.79 Å². The van der Waals surface area contributed by atoms with Gasteiger partial charge in [0.1, 0.15) is 11.6 Å². The first-order chi connectivity index (χ1) is 10.0. The summed E-state index contributed by atoms with van der Waals surface area (Å²) in [5, 5.41) is 2.58. The Labute approximate surface area is 126 Å². The molecule has 0 aliphatic carbocycles. The number of amides is 1. The van der Waals surface area contributed by atoms with Gasteiger partial charge in [0.25, 0.3) is 5.91 Å². The van der Waals surface area contributed by atoms with Crippen LogP contribution in [-0.2, 0) is 5.88 Å². The summed E-state index contributed by atoms with van der Waals surface area (Å²) in [6.07, 6.45) is 0. The van der Waals surface area contributed by atoms with Crippen molar-refractivity contribution < 1.29 is 13.6 Å². The van der Waals surface area contributed by atoms with Gasteiger partial charge in [-0.2, -0.15) is 0 Å². The van der Waals surface area contributed by atoms with Gasteiger partial charge in [-0.25, -0.2) is 8.78 Å². The molecule has 0 spiro atoms. The van der Waals surface area contributed by atoms with E-state index in [1.165, 1.54) is 13.0 Å². The molecule has 2 nitrogen and oxygen atoms in total. The molecule has 0 aliphatic rings. The maximum atomic E-state index is 13.7. The van der Waals surface area contributed by atoms with Crippen LogP contribution in [0.25, 0.3) is 0 Å². The Kier molecular flexibility index (Phi) is 4.91. The van der Waals surface area contributed by atoms with Gasteiger partial charge in [-0.15, -0.1) is 11.6 Å². The number of hydrogen-bond acceptors (Lipinski definition) is 1. The highest BCUT2D eigenvalue weighted by atomic mass is 35.5. The molecule has 0 aromatic heterocycles. The topological polar surface area (TPSA) is 29.1 Å². The van der Waals surface area contributed by atoms with Crippen molar-refractivity contribution in [3.63, 3.8) is 0 Å². The van der Waals surface area contributed by atoms with Crippen LogP contribution in [0.2, 0.25) is 0 Å². The monoisotopic (exact) mass is 309 g/mol. The fraction of sp³-hybridized carbons (Fsp3) is 0.188. The van der Waals surface area contributed by atoms with Crippen molar-refractivity contribution in [1.29, 1.82) is 0 Å². The largest absolute Gasteiger partial charge is 0.345 e. The fourth-order valence-electron chi connectivity index (χ4n) is 2.07. The number of benzene rings is 2. The highest BCUT2D eigenvalue weighted by Gasteiger charge is 2.18. The van der Waals surface area contributed by atoms with Crippen LogP contribution in [0.4, 0.5) is 8.78 Å². The number of carbonyl (C=O) groups excluding carboxylic acids is 1. The van der Waals surface area contributed by atoms with Crippen LogP contribution >= 0.6 is 11.6 Å². The molecular formula is C16H14ClF2NO. The number of alkyl halides is 1. The van der Waals surface area contributed by atoms with E-state index in [4.69, 9.17) is 11.6 Å². The zero-order valence-corrected chi connectivity index (χ0v) is 12.1. The summed E-state index contributed by atoms with van der Waals surface area (Å²) in [4.78, 5) is 12.1. The summed E-state index contributed by atoms with van der Waals surface area (Å²) in [7, 11) is 0. The molecule has 1 amide bonds. The van der Waals surface area contributed by atoms with Crippen LogP contribution in [-0.4, -0.2) is 5.91 Å². The summed E-state index contributed by atoms with van der Waals surface area (Å²) < 4.78 is 27.3. The van der Waals surface area contributed by atoms with Gasteiger partial charge in [0.05, 0.1) is 6.04 Å². The average molecular weight is 310 g/mol. The van der Waals surface area contributed by atoms with Crippen molar-refractivity contribution in [3.8, 4) is 0 Å². The number of nitrogens with one attached hydrogen (secondary N) is 1. The predicted octanol–water partition coefficient (Wildman–Crippen LogP) is 4.19. The first-order valence-electron chi connectivity index (χ1n) is 6.42. The second-order valence-electron chi connectivity index (χ2n) is 4.66. The minimum absolute atomic E-state index is 0.153. The molecule has 0 saturated carbocycles. The van der Waals surface area contributed by atoms with E-state index < -0.39 is 23.6 Å². The van der Waals surface area contributed by atoms with E-state index >= 15 is 0 Å². The van der Waals surface area contributed by atoms with Crippen molar-refractivity contribution in [2.45, 2.75) is 18.8 Å². The van der Waals surface area contributed by atoms with Gasteiger partial charge < -0.3 is 5.32 Å². The van der Waals surface area contributed by atoms with E-state index in [-0.39, 0.29) is 5.56 Å². The van der Waals surface area contributed by atoms with Gasteiger partial charge in [-0.1, -0.05) is 18.2 Å². The van der Waals surface area contributed by atoms with Crippen molar-refractivity contribution >= 4 is 17.5 Å². The third-order valence-electron chi connectivity index (χ3n) is 3.12. The second kappa shape index (κ2) is 6.68. The standard InChI is InChI=1S/C16H14ClF2NO/c1-10(15-13(18)6-3-7-14(15)19)20-16(21)12-5-2-4-11(8-12)9-17/h2-8,10H,9H2,1H3,(H,20,21). The smallest absolute Gasteiger partial charge is 0.251 e. The van der Waals surface area contributed by atoms with Gasteiger partial charge in [0.15, 0.2) is 0 Å². The zero-order valence-electron chi connectivity index (χ0n) is 11.4. The SMILES string of the molecule is CC(NC(=O)c1cccc(CCl)c1)c1c(F)cccc1F. The normalized spacial score (nSPS) is 12.0. The molecular weight excluding hydrogens is 296 g/mol. The van der Waals surface area contributed by atoms with E-state index in [0.29, 0.717) is 11.4 Å². The Morgan fingerprint density at radius 3 is 2.43 bits per heavy atom. The molecule has 1 unspecified atom stereocenters. The third kappa shape index (κ3) is 3.58. The Morgan fingerprint density at radius 2 is 1.81 bits per heavy atom. The maximum Gasteiger partial charge on any atom is 0.251 e. The average Bonchev–Trinajstić information content (AvgIpc) is 2.47. The van der Waals surface area contributed by atoms with Crippen LogP contribution in [0, 0.1) is 11.6 Å². The number of carbonyl (C=O) groups is 1. The molecule has 5 heteroatoms. The summed E-state index contributed by atoms with van der Waals surface area (Å²) in [6.45, 7) is 1.53. The molecule has 1 N–H and O–H groups in total. The second-order valence-corrected chi connectivity index (χ2v) is 4.93. The lowest BCUT2D eigenvalue weighted by Crippen LogP contribution is -2.28. The van der Waals surface area contributed by atoms with Crippen LogP contribution < -0.4 is 5.32 Å². The molecule has 0 fully saturated rings. The van der Waals surface area contributed by atoms with Crippen molar-refractivity contribution in [2.24, 2.45) is 0 Å². The molecule has 110 valence electrons. The molecule has 2 aromatic carbocycles. The van der Waals surface area contributed by atoms with E-state index in [0.717, 1.165) is 17.7 Å². The summed E-state index contributed by atoms with van der Waals surface area (Å²) in [5.41, 5.74) is 1.05. The quantitative estimate of drug-likeness (QED) is 0.843. The summed E-state index contributed by atoms with van der Waals surface area (Å²) >= 11 is 5.72. The Hall–Kier alpha value is -1.94. The van der Waals surface area contributed by atoms with Crippen molar-refractivity contribution in [1.82, 2.24) is 5.32 Å². The third-order valence-corrected chi connectivity index (χ3v) is 3.43. The van der Waals surface area contributed by atoms with Crippen molar-refractivity contribution in [2.75, 3.05) is 0 Å². The minimum Gasteiger partial charge on any atom is -0.345 e. The van der Waals surface area contributed by atoms with Gasteiger partial charge in [0.2, 0.25) is 0 Å². The Balaban J connectivity index is 2.19. The lowest BCUT2D eigenvalue weighted by Gasteiger charge is -2.16. The summed E-state index contributed by atoms with van der Waals surface area (Å²) in [6, 6.07) is 9.60. The molecule has 0 radical (unpaired) electrons. The molecule has 2 aromatic rings. The Morgan fingerprint density at radius 1 is 1.19 bits per heavy atom. The van der Waals surface area contributed by atoms with Crippen LogP contribution in [0.15, 0.2) is 42.5 Å². The summed E-state index contributed by atoms with van der Waals surface area (Å²) in [5.74, 6) is -1.48. The predicted molar refractivity (Wildman–Crippen MR) is 78.2 cm³/mol. The molecule has 0 saturated heterocycles. The van der Waals surface area contributed by atoms with Gasteiger partial charge in [0, 0.05) is 17.0 Å². The van der Waals surface area contributed by atoms with E-state index in [1.54, 1.807) is 24.3 Å². The lowest BCUT2D eigenvalue weighted by molar-refractivity contribution is 0.0938. The van der Waals surface area contributed by atoms with Crippen molar-refractivity contribution in [3.05, 3.63) is 70.8 Å². The lowest BCUT2D eigenvalue weighted by atomic mass is 10.1. The first kappa shape index (κ1) is 15.4. The van der Waals surface area contributed by atoms with Gasteiger partial charge in [-0.05, 0) is 36.8 Å². The molecule has 0 bridgehead atoms. The molecule has 0 heterocycles. The molecule has 2 rings (SSSR count). The molecule has 1 atom stereocenters. The number of halogens is 3. The van der Waals surface area contributed by atoms with E-state index in [1.807, 2.05) is 0 Å². The highest BCUT2D eigenvalue weighted by Crippen LogP contribution is 2.20. The van der Waals surface area contributed by atoms with E-state index in [2.05, 4.69) is 5.32 Å². The molecule has 0 aliphatic heterocycles. The molecule has 21 heavy (non-hydrogen) atoms. The first-order valence-corrected chi connectivity index (χ1v) is 6.96. The minimum atomic E-state index is -0.779. The van der Waals surface area contributed by atoms with Crippen LogP contribution in [0.3, 0.4) is 0 Å².